The largest absolute Gasteiger partial charge is 0.371 e. The van der Waals surface area contributed by atoms with Crippen molar-refractivity contribution in [3.8, 4) is 0 Å². The van der Waals surface area contributed by atoms with E-state index in [4.69, 9.17) is 11.6 Å². The van der Waals surface area contributed by atoms with Gasteiger partial charge >= 0.3 is 0 Å². The molecule has 1 unspecified atom stereocenters. The quantitative estimate of drug-likeness (QED) is 0.729. The second-order valence-electron chi connectivity index (χ2n) is 4.07. The molecular formula is C13H18ClNO. The maximum Gasteiger partial charge on any atom is 0.152 e. The Morgan fingerprint density at radius 1 is 1.50 bits per heavy atom. The van der Waals surface area contributed by atoms with Gasteiger partial charge in [0.1, 0.15) is 0 Å². The summed E-state index contributed by atoms with van der Waals surface area (Å²) in [5.74, 6) is 0. The van der Waals surface area contributed by atoms with Gasteiger partial charge in [0.2, 0.25) is 0 Å². The molecule has 1 rings (SSSR count). The minimum atomic E-state index is 0.421. The summed E-state index contributed by atoms with van der Waals surface area (Å²) in [5, 5.41) is 0.599. The van der Waals surface area contributed by atoms with Gasteiger partial charge in [0.05, 0.1) is 0 Å². The van der Waals surface area contributed by atoms with Gasteiger partial charge in [-0.3, -0.25) is 4.79 Å². The summed E-state index contributed by atoms with van der Waals surface area (Å²) in [5.41, 5.74) is 1.60. The van der Waals surface area contributed by atoms with Crippen LogP contribution in [0.2, 0.25) is 5.02 Å². The van der Waals surface area contributed by atoms with Crippen LogP contribution in [0.25, 0.3) is 0 Å². The number of benzene rings is 1. The molecule has 0 saturated carbocycles. The van der Waals surface area contributed by atoms with Gasteiger partial charge < -0.3 is 4.90 Å². The van der Waals surface area contributed by atoms with Crippen molar-refractivity contribution in [2.24, 2.45) is 0 Å². The predicted octanol–water partition coefficient (Wildman–Crippen LogP) is 3.78. The average Bonchev–Trinajstić information content (AvgIpc) is 2.28. The van der Waals surface area contributed by atoms with Gasteiger partial charge in [-0.1, -0.05) is 24.9 Å². The van der Waals surface area contributed by atoms with E-state index in [0.717, 1.165) is 24.8 Å². The molecule has 0 aliphatic rings. The van der Waals surface area contributed by atoms with Crippen molar-refractivity contribution >= 4 is 23.6 Å². The van der Waals surface area contributed by atoms with Crippen molar-refractivity contribution in [3.05, 3.63) is 28.8 Å². The van der Waals surface area contributed by atoms with Crippen LogP contribution in [0, 0.1) is 0 Å². The Morgan fingerprint density at radius 2 is 2.19 bits per heavy atom. The summed E-state index contributed by atoms with van der Waals surface area (Å²) < 4.78 is 0. The van der Waals surface area contributed by atoms with Crippen LogP contribution in [0.15, 0.2) is 18.2 Å². The molecule has 0 spiro atoms. The van der Waals surface area contributed by atoms with E-state index < -0.39 is 0 Å². The fraction of sp³-hybridized carbons (Fsp3) is 0.462. The highest BCUT2D eigenvalue weighted by molar-refractivity contribution is 6.31. The Balaban J connectivity index is 2.98. The van der Waals surface area contributed by atoms with Crippen LogP contribution in [0.1, 0.15) is 37.0 Å². The highest BCUT2D eigenvalue weighted by atomic mass is 35.5. The minimum absolute atomic E-state index is 0.421. The standard InChI is InChI=1S/C13H18ClNO/c1-4-5-10(2)15(3)13-7-6-12(14)8-11(13)9-16/h6-10H,4-5H2,1-3H3. The summed E-state index contributed by atoms with van der Waals surface area (Å²) in [4.78, 5) is 13.1. The zero-order valence-corrected chi connectivity index (χ0v) is 10.8. The van der Waals surface area contributed by atoms with E-state index in [0.29, 0.717) is 16.6 Å². The lowest BCUT2D eigenvalue weighted by Gasteiger charge is -2.28. The lowest BCUT2D eigenvalue weighted by Crippen LogP contribution is -2.29. The molecule has 0 saturated heterocycles. The number of halogens is 1. The number of carbonyl (C=O) groups is 1. The lowest BCUT2D eigenvalue weighted by molar-refractivity contribution is 0.112. The summed E-state index contributed by atoms with van der Waals surface area (Å²) in [6.07, 6.45) is 3.10. The molecule has 0 bridgehead atoms. The maximum absolute atomic E-state index is 11.0. The van der Waals surface area contributed by atoms with E-state index in [1.165, 1.54) is 0 Å². The maximum atomic E-state index is 11.0. The fourth-order valence-corrected chi connectivity index (χ4v) is 1.97. The second-order valence-corrected chi connectivity index (χ2v) is 4.51. The molecule has 0 amide bonds. The van der Waals surface area contributed by atoms with E-state index in [1.54, 1.807) is 6.07 Å². The lowest BCUT2D eigenvalue weighted by atomic mass is 10.1. The Morgan fingerprint density at radius 3 is 2.75 bits per heavy atom. The molecule has 0 aliphatic carbocycles. The van der Waals surface area contributed by atoms with E-state index in [2.05, 4.69) is 18.7 Å². The molecule has 16 heavy (non-hydrogen) atoms. The summed E-state index contributed by atoms with van der Waals surface area (Å²) in [7, 11) is 2.01. The molecule has 3 heteroatoms. The molecular weight excluding hydrogens is 222 g/mol. The van der Waals surface area contributed by atoms with Crippen molar-refractivity contribution in [2.75, 3.05) is 11.9 Å². The third-order valence-electron chi connectivity index (χ3n) is 2.86. The van der Waals surface area contributed by atoms with Crippen molar-refractivity contribution in [1.82, 2.24) is 0 Å². The van der Waals surface area contributed by atoms with E-state index in [9.17, 15) is 4.79 Å². The van der Waals surface area contributed by atoms with Crippen molar-refractivity contribution in [1.29, 1.82) is 0 Å². The molecule has 0 fully saturated rings. The molecule has 0 N–H and O–H groups in total. The van der Waals surface area contributed by atoms with E-state index in [-0.39, 0.29) is 0 Å². The zero-order valence-electron chi connectivity index (χ0n) is 10.0. The van der Waals surface area contributed by atoms with Crippen LogP contribution in [0.3, 0.4) is 0 Å². The van der Waals surface area contributed by atoms with E-state index in [1.807, 2.05) is 19.2 Å². The average molecular weight is 240 g/mol. The van der Waals surface area contributed by atoms with Gasteiger partial charge in [0.15, 0.2) is 6.29 Å². The Kier molecular flexibility index (Phi) is 4.81. The van der Waals surface area contributed by atoms with Crippen LogP contribution in [-0.4, -0.2) is 19.4 Å². The van der Waals surface area contributed by atoms with Gasteiger partial charge in [0, 0.05) is 29.4 Å². The monoisotopic (exact) mass is 239 g/mol. The SMILES string of the molecule is CCCC(C)N(C)c1ccc(Cl)cc1C=O. The first kappa shape index (κ1) is 13.0. The van der Waals surface area contributed by atoms with Gasteiger partial charge in [-0.05, 0) is 31.5 Å². The predicted molar refractivity (Wildman–Crippen MR) is 69.6 cm³/mol. The van der Waals surface area contributed by atoms with Crippen LogP contribution in [-0.2, 0) is 0 Å². The number of hydrogen-bond donors (Lipinski definition) is 0. The van der Waals surface area contributed by atoms with Gasteiger partial charge in [0.25, 0.3) is 0 Å². The number of hydrogen-bond acceptors (Lipinski definition) is 2. The number of rotatable bonds is 5. The first-order valence-corrected chi connectivity index (χ1v) is 5.95. The summed E-state index contributed by atoms with van der Waals surface area (Å²) >= 11 is 5.86. The van der Waals surface area contributed by atoms with Crippen molar-refractivity contribution in [2.45, 2.75) is 32.7 Å². The van der Waals surface area contributed by atoms with E-state index >= 15 is 0 Å². The zero-order chi connectivity index (χ0) is 12.1. The molecule has 0 radical (unpaired) electrons. The number of anilines is 1. The molecule has 1 aromatic carbocycles. The first-order chi connectivity index (χ1) is 7.60. The molecule has 2 nitrogen and oxygen atoms in total. The van der Waals surface area contributed by atoms with Gasteiger partial charge in [-0.25, -0.2) is 0 Å². The number of nitrogens with zero attached hydrogens (tertiary/aromatic N) is 1. The molecule has 0 heterocycles. The first-order valence-electron chi connectivity index (χ1n) is 5.57. The number of carbonyl (C=O) groups excluding carboxylic acids is 1. The minimum Gasteiger partial charge on any atom is -0.371 e. The number of aldehydes is 1. The van der Waals surface area contributed by atoms with Crippen LogP contribution in [0.4, 0.5) is 5.69 Å². The van der Waals surface area contributed by atoms with Crippen LogP contribution in [0.5, 0.6) is 0 Å². The van der Waals surface area contributed by atoms with Gasteiger partial charge in [-0.2, -0.15) is 0 Å². The molecule has 0 aliphatic heterocycles. The Labute approximate surface area is 102 Å². The summed E-state index contributed by atoms with van der Waals surface area (Å²) in [6, 6.07) is 5.85. The Bertz CT molecular complexity index is 365. The van der Waals surface area contributed by atoms with Crippen molar-refractivity contribution in [3.63, 3.8) is 0 Å². The normalized spacial score (nSPS) is 12.2. The molecule has 0 aromatic heterocycles. The third-order valence-corrected chi connectivity index (χ3v) is 3.10. The fourth-order valence-electron chi connectivity index (χ4n) is 1.79. The molecule has 88 valence electrons. The highest BCUT2D eigenvalue weighted by Crippen LogP contribution is 2.24. The molecule has 1 atom stereocenters. The molecule has 1 aromatic rings. The Hall–Kier alpha value is -1.02. The second kappa shape index (κ2) is 5.90. The highest BCUT2D eigenvalue weighted by Gasteiger charge is 2.12. The summed E-state index contributed by atoms with van der Waals surface area (Å²) in [6.45, 7) is 4.32. The van der Waals surface area contributed by atoms with Crippen LogP contribution < -0.4 is 4.90 Å². The van der Waals surface area contributed by atoms with Crippen LogP contribution >= 0.6 is 11.6 Å². The third kappa shape index (κ3) is 2.99. The topological polar surface area (TPSA) is 20.3 Å². The van der Waals surface area contributed by atoms with Crippen molar-refractivity contribution < 1.29 is 4.79 Å². The van der Waals surface area contributed by atoms with Gasteiger partial charge in [-0.15, -0.1) is 0 Å². The smallest absolute Gasteiger partial charge is 0.152 e.